The van der Waals surface area contributed by atoms with Gasteiger partial charge in [-0.2, -0.15) is 0 Å². The number of urea groups is 1. The van der Waals surface area contributed by atoms with Crippen LogP contribution in [-0.2, 0) is 9.59 Å². The van der Waals surface area contributed by atoms with Crippen LogP contribution in [-0.4, -0.2) is 36.8 Å². The highest BCUT2D eigenvalue weighted by Gasteiger charge is 2.37. The number of nitrogens with zero attached hydrogens (tertiary/aromatic N) is 2. The van der Waals surface area contributed by atoms with E-state index in [0.717, 1.165) is 16.0 Å². The number of anilines is 1. The first-order valence-corrected chi connectivity index (χ1v) is 6.46. The molecule has 1 N–H and O–H groups in total. The summed E-state index contributed by atoms with van der Waals surface area (Å²) in [6.07, 6.45) is 1.40. The maximum atomic E-state index is 12.5. The van der Waals surface area contributed by atoms with Crippen LogP contribution in [0, 0.1) is 13.8 Å². The zero-order valence-corrected chi connectivity index (χ0v) is 12.4. The van der Waals surface area contributed by atoms with Crippen LogP contribution in [0.15, 0.2) is 30.0 Å². The molecule has 1 saturated heterocycles. The number of carbonyl (C=O) groups is 3. The summed E-state index contributed by atoms with van der Waals surface area (Å²) in [5.41, 5.74) is 2.22. The molecule has 1 aliphatic rings. The normalized spacial score (nSPS) is 17.2. The fourth-order valence-corrected chi connectivity index (χ4v) is 2.18. The van der Waals surface area contributed by atoms with Crippen molar-refractivity contribution in [3.8, 4) is 0 Å². The van der Waals surface area contributed by atoms with E-state index < -0.39 is 17.8 Å². The van der Waals surface area contributed by atoms with Crippen LogP contribution in [0.2, 0.25) is 0 Å². The van der Waals surface area contributed by atoms with E-state index in [9.17, 15) is 14.4 Å². The molecule has 110 valence electrons. The van der Waals surface area contributed by atoms with E-state index in [1.807, 2.05) is 26.0 Å². The molecule has 1 aliphatic heterocycles. The van der Waals surface area contributed by atoms with Gasteiger partial charge in [0, 0.05) is 20.3 Å². The number of aryl methyl sites for hydroxylation is 2. The first kappa shape index (κ1) is 14.8. The lowest BCUT2D eigenvalue weighted by atomic mass is 10.1. The Hall–Kier alpha value is -2.63. The van der Waals surface area contributed by atoms with Gasteiger partial charge in [-0.15, -0.1) is 0 Å². The SMILES string of the molecule is Cc1ccc(N2C(=O)NC(=O)C(=CN(C)C)C2=O)c(C)c1. The summed E-state index contributed by atoms with van der Waals surface area (Å²) < 4.78 is 0. The number of benzene rings is 1. The van der Waals surface area contributed by atoms with Crippen molar-refractivity contribution in [1.82, 2.24) is 10.2 Å². The fraction of sp³-hybridized carbons (Fsp3) is 0.267. The molecule has 0 bridgehead atoms. The number of imide groups is 2. The van der Waals surface area contributed by atoms with E-state index in [0.29, 0.717) is 5.69 Å². The fourth-order valence-electron chi connectivity index (χ4n) is 2.18. The molecule has 0 atom stereocenters. The number of nitrogens with one attached hydrogen (secondary N) is 1. The van der Waals surface area contributed by atoms with Gasteiger partial charge in [-0.3, -0.25) is 14.9 Å². The lowest BCUT2D eigenvalue weighted by Gasteiger charge is -2.28. The van der Waals surface area contributed by atoms with Gasteiger partial charge >= 0.3 is 6.03 Å². The standard InChI is InChI=1S/C15H17N3O3/c1-9-5-6-12(10(2)7-9)18-14(20)11(8-17(3)4)13(19)16-15(18)21/h5-8H,1-4H3,(H,16,19,21). The van der Waals surface area contributed by atoms with Crippen molar-refractivity contribution in [3.05, 3.63) is 41.1 Å². The number of barbiturate groups is 1. The van der Waals surface area contributed by atoms with E-state index in [2.05, 4.69) is 5.32 Å². The van der Waals surface area contributed by atoms with Gasteiger partial charge < -0.3 is 4.90 Å². The largest absolute Gasteiger partial charge is 0.383 e. The summed E-state index contributed by atoms with van der Waals surface area (Å²) in [7, 11) is 3.40. The molecule has 0 aliphatic carbocycles. The van der Waals surface area contributed by atoms with Crippen LogP contribution >= 0.6 is 0 Å². The lowest BCUT2D eigenvalue weighted by Crippen LogP contribution is -2.55. The van der Waals surface area contributed by atoms with Gasteiger partial charge in [0.2, 0.25) is 0 Å². The highest BCUT2D eigenvalue weighted by molar-refractivity contribution is 6.37. The Morgan fingerprint density at radius 2 is 1.81 bits per heavy atom. The van der Waals surface area contributed by atoms with Crippen molar-refractivity contribution < 1.29 is 14.4 Å². The van der Waals surface area contributed by atoms with Crippen molar-refractivity contribution in [2.75, 3.05) is 19.0 Å². The van der Waals surface area contributed by atoms with Crippen molar-refractivity contribution >= 4 is 23.5 Å². The average molecular weight is 287 g/mol. The maximum absolute atomic E-state index is 12.5. The third-order valence-electron chi connectivity index (χ3n) is 3.08. The van der Waals surface area contributed by atoms with E-state index >= 15 is 0 Å². The van der Waals surface area contributed by atoms with Gasteiger partial charge in [0.1, 0.15) is 5.57 Å². The summed E-state index contributed by atoms with van der Waals surface area (Å²) in [5, 5.41) is 2.19. The van der Waals surface area contributed by atoms with E-state index in [4.69, 9.17) is 0 Å². The molecule has 6 heteroatoms. The third-order valence-corrected chi connectivity index (χ3v) is 3.08. The maximum Gasteiger partial charge on any atom is 0.335 e. The topological polar surface area (TPSA) is 69.7 Å². The molecule has 0 unspecified atom stereocenters. The van der Waals surface area contributed by atoms with Gasteiger partial charge in [0.15, 0.2) is 0 Å². The molecule has 1 aromatic rings. The van der Waals surface area contributed by atoms with Gasteiger partial charge in [-0.05, 0) is 25.5 Å². The van der Waals surface area contributed by atoms with Crippen molar-refractivity contribution in [3.63, 3.8) is 0 Å². The Labute approximate surface area is 123 Å². The van der Waals surface area contributed by atoms with Gasteiger partial charge in [-0.1, -0.05) is 17.7 Å². The first-order valence-electron chi connectivity index (χ1n) is 6.46. The first-order chi connectivity index (χ1) is 9.81. The average Bonchev–Trinajstić information content (AvgIpc) is 2.36. The smallest absolute Gasteiger partial charge is 0.335 e. The molecule has 0 aromatic heterocycles. The van der Waals surface area contributed by atoms with Gasteiger partial charge in [0.05, 0.1) is 5.69 Å². The number of rotatable bonds is 2. The summed E-state index contributed by atoms with van der Waals surface area (Å²) >= 11 is 0. The lowest BCUT2D eigenvalue weighted by molar-refractivity contribution is -0.122. The quantitative estimate of drug-likeness (QED) is 0.658. The van der Waals surface area contributed by atoms with Crippen LogP contribution in [0.25, 0.3) is 0 Å². The van der Waals surface area contributed by atoms with Gasteiger partial charge in [-0.25, -0.2) is 9.69 Å². The number of carbonyl (C=O) groups excluding carboxylic acids is 3. The van der Waals surface area contributed by atoms with Crippen LogP contribution in [0.5, 0.6) is 0 Å². The van der Waals surface area contributed by atoms with Crippen molar-refractivity contribution in [1.29, 1.82) is 0 Å². The second-order valence-corrected chi connectivity index (χ2v) is 5.20. The predicted octanol–water partition coefficient (Wildman–Crippen LogP) is 1.33. The minimum absolute atomic E-state index is 0.0698. The Bertz CT molecular complexity index is 662. The van der Waals surface area contributed by atoms with E-state index in [-0.39, 0.29) is 5.57 Å². The van der Waals surface area contributed by atoms with Crippen LogP contribution in [0.3, 0.4) is 0 Å². The molecule has 0 saturated carbocycles. The Morgan fingerprint density at radius 1 is 1.14 bits per heavy atom. The molecule has 6 nitrogen and oxygen atoms in total. The predicted molar refractivity (Wildman–Crippen MR) is 78.7 cm³/mol. The summed E-state index contributed by atoms with van der Waals surface area (Å²) in [6, 6.07) is 4.66. The molecule has 21 heavy (non-hydrogen) atoms. The molecular formula is C15H17N3O3. The minimum Gasteiger partial charge on any atom is -0.383 e. The molecule has 1 heterocycles. The van der Waals surface area contributed by atoms with Crippen LogP contribution in [0.1, 0.15) is 11.1 Å². The molecule has 0 radical (unpaired) electrons. The summed E-state index contributed by atoms with van der Waals surface area (Å²) in [4.78, 5) is 38.9. The molecule has 4 amide bonds. The van der Waals surface area contributed by atoms with Gasteiger partial charge in [0.25, 0.3) is 11.8 Å². The Kier molecular flexibility index (Phi) is 3.80. The number of amides is 4. The molecule has 2 rings (SSSR count). The Balaban J connectivity index is 2.49. The second-order valence-electron chi connectivity index (χ2n) is 5.20. The van der Waals surface area contributed by atoms with E-state index in [1.165, 1.54) is 6.20 Å². The molecule has 1 fully saturated rings. The molecular weight excluding hydrogens is 270 g/mol. The van der Waals surface area contributed by atoms with Crippen molar-refractivity contribution in [2.24, 2.45) is 0 Å². The van der Waals surface area contributed by atoms with Crippen molar-refractivity contribution in [2.45, 2.75) is 13.8 Å². The number of hydrogen-bond donors (Lipinski definition) is 1. The van der Waals surface area contributed by atoms with E-state index in [1.54, 1.807) is 25.1 Å². The minimum atomic E-state index is -0.729. The van der Waals surface area contributed by atoms with Crippen LogP contribution in [0.4, 0.5) is 10.5 Å². The zero-order chi connectivity index (χ0) is 15.7. The third kappa shape index (κ3) is 2.79. The zero-order valence-electron chi connectivity index (χ0n) is 12.4. The summed E-state index contributed by atoms with van der Waals surface area (Å²) in [5.74, 6) is -1.30. The second kappa shape index (κ2) is 5.40. The Morgan fingerprint density at radius 3 is 2.38 bits per heavy atom. The molecule has 1 aromatic carbocycles. The number of hydrogen-bond acceptors (Lipinski definition) is 4. The highest BCUT2D eigenvalue weighted by atomic mass is 16.2. The molecule has 0 spiro atoms. The van der Waals surface area contributed by atoms with Crippen LogP contribution < -0.4 is 10.2 Å². The monoisotopic (exact) mass is 287 g/mol. The highest BCUT2D eigenvalue weighted by Crippen LogP contribution is 2.25. The summed E-state index contributed by atoms with van der Waals surface area (Å²) in [6.45, 7) is 3.74.